The summed E-state index contributed by atoms with van der Waals surface area (Å²) in [5.74, 6) is -1.29. The smallest absolute Gasteiger partial charge is 0.335 e. The maximum Gasteiger partial charge on any atom is 0.335 e. The number of carbonyl (C=O) groups is 3. The molecule has 0 radical (unpaired) electrons. The minimum Gasteiger partial charge on any atom is -0.478 e. The minimum atomic E-state index is -0.978. The Morgan fingerprint density at radius 1 is 0.963 bits per heavy atom. The lowest BCUT2D eigenvalue weighted by molar-refractivity contribution is -0.116. The largest absolute Gasteiger partial charge is 0.478 e. The molecule has 0 aliphatic heterocycles. The first-order valence-corrected chi connectivity index (χ1v) is 8.96. The molecule has 2 aromatic carbocycles. The summed E-state index contributed by atoms with van der Waals surface area (Å²) in [6.45, 7) is 5.03. The van der Waals surface area contributed by atoms with Crippen molar-refractivity contribution in [2.75, 3.05) is 18.4 Å². The third kappa shape index (κ3) is 5.41. The van der Waals surface area contributed by atoms with Gasteiger partial charge in [-0.3, -0.25) is 9.59 Å². The summed E-state index contributed by atoms with van der Waals surface area (Å²) in [4.78, 5) is 37.5. The van der Waals surface area contributed by atoms with Gasteiger partial charge in [-0.2, -0.15) is 0 Å². The van der Waals surface area contributed by atoms with Crippen molar-refractivity contribution in [3.63, 3.8) is 0 Å². The number of hydrogen-bond donors (Lipinski definition) is 2. The van der Waals surface area contributed by atoms with Crippen molar-refractivity contribution in [1.82, 2.24) is 4.90 Å². The average Bonchev–Trinajstić information content (AvgIpc) is 2.68. The van der Waals surface area contributed by atoms with Crippen molar-refractivity contribution >= 4 is 23.5 Å². The van der Waals surface area contributed by atoms with Crippen molar-refractivity contribution in [1.29, 1.82) is 0 Å². The van der Waals surface area contributed by atoms with E-state index in [-0.39, 0.29) is 23.8 Å². The Kier molecular flexibility index (Phi) is 7.11. The van der Waals surface area contributed by atoms with Crippen molar-refractivity contribution in [2.24, 2.45) is 0 Å². The van der Waals surface area contributed by atoms with Crippen LogP contribution >= 0.6 is 0 Å². The average molecular weight is 368 g/mol. The van der Waals surface area contributed by atoms with Crippen LogP contribution in [0.3, 0.4) is 0 Å². The molecule has 0 heterocycles. The quantitative estimate of drug-likeness (QED) is 0.747. The van der Waals surface area contributed by atoms with Crippen LogP contribution in [0.25, 0.3) is 0 Å². The van der Waals surface area contributed by atoms with Crippen LogP contribution in [0.15, 0.2) is 48.5 Å². The van der Waals surface area contributed by atoms with Crippen molar-refractivity contribution < 1.29 is 19.5 Å². The summed E-state index contributed by atoms with van der Waals surface area (Å²) in [6.07, 6.45) is 0.720. The molecule has 2 amide bonds. The Morgan fingerprint density at radius 3 is 2.19 bits per heavy atom. The zero-order chi connectivity index (χ0) is 19.8. The van der Waals surface area contributed by atoms with Gasteiger partial charge in [-0.05, 0) is 50.1 Å². The highest BCUT2D eigenvalue weighted by atomic mass is 16.4. The molecule has 0 aliphatic carbocycles. The van der Waals surface area contributed by atoms with E-state index >= 15 is 0 Å². The maximum atomic E-state index is 12.6. The predicted molar refractivity (Wildman–Crippen MR) is 104 cm³/mol. The normalized spacial score (nSPS) is 10.3. The van der Waals surface area contributed by atoms with Crippen molar-refractivity contribution in [3.8, 4) is 0 Å². The number of rotatable bonds is 8. The molecule has 2 rings (SSSR count). The van der Waals surface area contributed by atoms with E-state index in [1.807, 2.05) is 13.8 Å². The van der Waals surface area contributed by atoms with E-state index in [2.05, 4.69) is 5.32 Å². The zero-order valence-electron chi connectivity index (χ0n) is 15.6. The lowest BCUT2D eigenvalue weighted by atomic mass is 10.1. The van der Waals surface area contributed by atoms with Crippen molar-refractivity contribution in [2.45, 2.75) is 26.7 Å². The lowest BCUT2D eigenvalue weighted by Gasteiger charge is -2.20. The third-order valence-electron chi connectivity index (χ3n) is 4.32. The first kappa shape index (κ1) is 20.2. The molecule has 142 valence electrons. The highest BCUT2D eigenvalue weighted by Gasteiger charge is 2.17. The molecule has 27 heavy (non-hydrogen) atoms. The van der Waals surface area contributed by atoms with Crippen molar-refractivity contribution in [3.05, 3.63) is 65.2 Å². The van der Waals surface area contributed by atoms with Gasteiger partial charge in [0.2, 0.25) is 5.91 Å². The van der Waals surface area contributed by atoms with Gasteiger partial charge in [0.25, 0.3) is 5.91 Å². The SMILES string of the molecule is CCN(CC)C(=O)c1ccccc1NC(=O)CCc1ccc(C(=O)O)cc1. The number of para-hydroxylation sites is 1. The van der Waals surface area contributed by atoms with Gasteiger partial charge in [-0.25, -0.2) is 4.79 Å². The fourth-order valence-electron chi connectivity index (χ4n) is 2.74. The first-order valence-electron chi connectivity index (χ1n) is 8.96. The summed E-state index contributed by atoms with van der Waals surface area (Å²) in [7, 11) is 0. The number of aromatic carboxylic acids is 1. The van der Waals surface area contributed by atoms with E-state index in [0.29, 0.717) is 30.8 Å². The topological polar surface area (TPSA) is 86.7 Å². The van der Waals surface area contributed by atoms with Crippen LogP contribution in [0.5, 0.6) is 0 Å². The number of benzene rings is 2. The highest BCUT2D eigenvalue weighted by molar-refractivity contribution is 6.03. The number of nitrogens with one attached hydrogen (secondary N) is 1. The molecular weight excluding hydrogens is 344 g/mol. The summed E-state index contributed by atoms with van der Waals surface area (Å²) in [5.41, 5.74) is 2.07. The number of aryl methyl sites for hydroxylation is 1. The molecule has 0 fully saturated rings. The van der Waals surface area contributed by atoms with Gasteiger partial charge in [0.15, 0.2) is 0 Å². The molecule has 0 saturated heterocycles. The molecular formula is C21H24N2O4. The van der Waals surface area contributed by atoms with E-state index in [9.17, 15) is 14.4 Å². The van der Waals surface area contributed by atoms with E-state index < -0.39 is 5.97 Å². The third-order valence-corrected chi connectivity index (χ3v) is 4.32. The Hall–Kier alpha value is -3.15. The second kappa shape index (κ2) is 9.52. The first-order chi connectivity index (χ1) is 13.0. The van der Waals surface area contributed by atoms with Gasteiger partial charge < -0.3 is 15.3 Å². The van der Waals surface area contributed by atoms with Crippen LogP contribution in [-0.2, 0) is 11.2 Å². The van der Waals surface area contributed by atoms with E-state index in [4.69, 9.17) is 5.11 Å². The van der Waals surface area contributed by atoms with Gasteiger partial charge >= 0.3 is 5.97 Å². The fraction of sp³-hybridized carbons (Fsp3) is 0.286. The van der Waals surface area contributed by atoms with E-state index in [1.165, 1.54) is 12.1 Å². The Bertz CT molecular complexity index is 811. The standard InChI is InChI=1S/C21H24N2O4/c1-3-23(4-2)20(25)17-7-5-6-8-18(17)22-19(24)14-11-15-9-12-16(13-10-15)21(26)27/h5-10,12-13H,3-4,11,14H2,1-2H3,(H,22,24)(H,26,27). The monoisotopic (exact) mass is 368 g/mol. The van der Waals surface area contributed by atoms with E-state index in [0.717, 1.165) is 5.56 Å². The highest BCUT2D eigenvalue weighted by Crippen LogP contribution is 2.18. The Morgan fingerprint density at radius 2 is 1.59 bits per heavy atom. The van der Waals surface area contributed by atoms with Crippen LogP contribution in [0.2, 0.25) is 0 Å². The summed E-state index contributed by atoms with van der Waals surface area (Å²) in [5, 5.41) is 11.7. The van der Waals surface area contributed by atoms with E-state index in [1.54, 1.807) is 41.3 Å². The number of carbonyl (C=O) groups excluding carboxylic acids is 2. The second-order valence-corrected chi connectivity index (χ2v) is 6.07. The number of amides is 2. The number of nitrogens with zero attached hydrogens (tertiary/aromatic N) is 1. The molecule has 0 spiro atoms. The van der Waals surface area contributed by atoms with Crippen LogP contribution in [0.1, 0.15) is 46.5 Å². The van der Waals surface area contributed by atoms with Gasteiger partial charge in [0.1, 0.15) is 0 Å². The molecule has 2 aromatic rings. The fourth-order valence-corrected chi connectivity index (χ4v) is 2.74. The molecule has 0 saturated carbocycles. The van der Waals surface area contributed by atoms with Crippen LogP contribution in [-0.4, -0.2) is 40.9 Å². The molecule has 0 aromatic heterocycles. The summed E-state index contributed by atoms with van der Waals surface area (Å²) in [6, 6.07) is 13.4. The molecule has 0 atom stereocenters. The zero-order valence-corrected chi connectivity index (χ0v) is 15.6. The Balaban J connectivity index is 2.01. The van der Waals surface area contributed by atoms with Crippen LogP contribution in [0, 0.1) is 0 Å². The molecule has 6 heteroatoms. The minimum absolute atomic E-state index is 0.111. The molecule has 2 N–H and O–H groups in total. The lowest BCUT2D eigenvalue weighted by Crippen LogP contribution is -2.31. The number of hydrogen-bond acceptors (Lipinski definition) is 3. The number of carboxylic acid groups (broad SMARTS) is 1. The van der Waals surface area contributed by atoms with Gasteiger partial charge in [-0.1, -0.05) is 24.3 Å². The van der Waals surface area contributed by atoms with Gasteiger partial charge in [0.05, 0.1) is 16.8 Å². The summed E-state index contributed by atoms with van der Waals surface area (Å²) < 4.78 is 0. The predicted octanol–water partition coefficient (Wildman–Crippen LogP) is 3.44. The Labute approximate surface area is 158 Å². The molecule has 0 bridgehead atoms. The second-order valence-electron chi connectivity index (χ2n) is 6.07. The van der Waals surface area contributed by atoms with Gasteiger partial charge in [-0.15, -0.1) is 0 Å². The molecule has 6 nitrogen and oxygen atoms in total. The molecule has 0 unspecified atom stereocenters. The van der Waals surface area contributed by atoms with Crippen LogP contribution < -0.4 is 5.32 Å². The number of anilines is 1. The van der Waals surface area contributed by atoms with Gasteiger partial charge in [0, 0.05) is 19.5 Å². The maximum absolute atomic E-state index is 12.6. The van der Waals surface area contributed by atoms with Crippen LogP contribution in [0.4, 0.5) is 5.69 Å². The number of carboxylic acids is 1. The summed E-state index contributed by atoms with van der Waals surface area (Å²) >= 11 is 0. The molecule has 0 aliphatic rings.